The van der Waals surface area contributed by atoms with Crippen molar-refractivity contribution < 1.29 is 27.5 Å². The van der Waals surface area contributed by atoms with Crippen LogP contribution in [0.3, 0.4) is 0 Å². The van der Waals surface area contributed by atoms with Crippen LogP contribution in [0.1, 0.15) is 13.3 Å². The van der Waals surface area contributed by atoms with E-state index in [1.165, 1.54) is 7.11 Å². The highest BCUT2D eigenvalue weighted by molar-refractivity contribution is 7.89. The molecule has 0 bridgehead atoms. The summed E-state index contributed by atoms with van der Waals surface area (Å²) in [6.07, 6.45) is 0.411. The first-order valence-corrected chi connectivity index (χ1v) is 7.23. The van der Waals surface area contributed by atoms with Crippen molar-refractivity contribution >= 4 is 22.0 Å². The molecule has 0 amide bonds. The van der Waals surface area contributed by atoms with E-state index in [4.69, 9.17) is 0 Å². The van der Waals surface area contributed by atoms with Crippen molar-refractivity contribution in [1.82, 2.24) is 4.31 Å². The Bertz CT molecular complexity index is 418. The summed E-state index contributed by atoms with van der Waals surface area (Å²) >= 11 is 0. The van der Waals surface area contributed by atoms with Gasteiger partial charge in [-0.1, -0.05) is 0 Å². The Labute approximate surface area is 106 Å². The number of carbonyl (C=O) groups excluding carboxylic acids is 2. The Morgan fingerprint density at radius 1 is 1.39 bits per heavy atom. The standard InChI is InChI=1S/C10H17NO6S/c1-3-17-9(12)7-18(14,15)11-5-4-8(6-11)10(13)16-2/h8H,3-7H2,1-2H3. The molecule has 104 valence electrons. The average molecular weight is 279 g/mol. The molecule has 1 aliphatic heterocycles. The number of hydrogen-bond acceptors (Lipinski definition) is 6. The van der Waals surface area contributed by atoms with Gasteiger partial charge in [0.1, 0.15) is 0 Å². The van der Waals surface area contributed by atoms with Crippen molar-refractivity contribution in [2.45, 2.75) is 13.3 Å². The third kappa shape index (κ3) is 3.67. The summed E-state index contributed by atoms with van der Waals surface area (Å²) in [4.78, 5) is 22.4. The van der Waals surface area contributed by atoms with E-state index in [-0.39, 0.29) is 19.7 Å². The normalized spacial score (nSPS) is 20.7. The molecule has 0 aromatic rings. The number of carbonyl (C=O) groups is 2. The SMILES string of the molecule is CCOC(=O)CS(=O)(=O)N1CCC(C(=O)OC)C1. The zero-order valence-corrected chi connectivity index (χ0v) is 11.2. The summed E-state index contributed by atoms with van der Waals surface area (Å²) in [6, 6.07) is 0. The van der Waals surface area contributed by atoms with Gasteiger partial charge in [0.05, 0.1) is 19.6 Å². The summed E-state index contributed by atoms with van der Waals surface area (Å²) in [6.45, 7) is 2.03. The van der Waals surface area contributed by atoms with E-state index in [1.807, 2.05) is 0 Å². The van der Waals surface area contributed by atoms with Gasteiger partial charge in [-0.3, -0.25) is 9.59 Å². The molecule has 1 aliphatic rings. The molecule has 0 radical (unpaired) electrons. The van der Waals surface area contributed by atoms with Gasteiger partial charge in [-0.2, -0.15) is 0 Å². The maximum Gasteiger partial charge on any atom is 0.322 e. The van der Waals surface area contributed by atoms with Gasteiger partial charge in [-0.05, 0) is 13.3 Å². The van der Waals surface area contributed by atoms with Gasteiger partial charge >= 0.3 is 11.9 Å². The van der Waals surface area contributed by atoms with E-state index in [0.717, 1.165) is 4.31 Å². The number of rotatable bonds is 5. The predicted molar refractivity (Wildman–Crippen MR) is 62.1 cm³/mol. The molecule has 0 aromatic carbocycles. The largest absolute Gasteiger partial charge is 0.469 e. The van der Waals surface area contributed by atoms with Crippen molar-refractivity contribution in [3.63, 3.8) is 0 Å². The smallest absolute Gasteiger partial charge is 0.322 e. The van der Waals surface area contributed by atoms with Crippen molar-refractivity contribution in [3.05, 3.63) is 0 Å². The maximum atomic E-state index is 11.8. The summed E-state index contributed by atoms with van der Waals surface area (Å²) in [5.41, 5.74) is 0. The van der Waals surface area contributed by atoms with Crippen molar-refractivity contribution in [3.8, 4) is 0 Å². The third-order valence-corrected chi connectivity index (χ3v) is 4.40. The predicted octanol–water partition coefficient (Wildman–Crippen LogP) is -0.626. The number of ether oxygens (including phenoxy) is 2. The second-order valence-electron chi connectivity index (χ2n) is 3.93. The van der Waals surface area contributed by atoms with Gasteiger partial charge in [0.2, 0.25) is 10.0 Å². The average Bonchev–Trinajstić information content (AvgIpc) is 2.77. The summed E-state index contributed by atoms with van der Waals surface area (Å²) in [5, 5.41) is 0. The van der Waals surface area contributed by atoms with Crippen LogP contribution in [0.5, 0.6) is 0 Å². The molecular weight excluding hydrogens is 262 g/mol. The minimum absolute atomic E-state index is 0.0639. The van der Waals surface area contributed by atoms with Gasteiger partial charge in [-0.15, -0.1) is 0 Å². The highest BCUT2D eigenvalue weighted by atomic mass is 32.2. The number of sulfonamides is 1. The Balaban J connectivity index is 2.60. The first kappa shape index (κ1) is 14.9. The molecule has 0 aromatic heterocycles. The highest BCUT2D eigenvalue weighted by Crippen LogP contribution is 2.20. The summed E-state index contributed by atoms with van der Waals surface area (Å²) in [7, 11) is -2.44. The third-order valence-electron chi connectivity index (χ3n) is 2.68. The molecule has 18 heavy (non-hydrogen) atoms. The van der Waals surface area contributed by atoms with E-state index < -0.39 is 33.6 Å². The molecule has 1 atom stereocenters. The molecule has 0 spiro atoms. The van der Waals surface area contributed by atoms with Crippen LogP contribution in [-0.2, 0) is 29.1 Å². The fourth-order valence-electron chi connectivity index (χ4n) is 1.78. The topological polar surface area (TPSA) is 90.0 Å². The first-order valence-electron chi connectivity index (χ1n) is 5.62. The van der Waals surface area contributed by atoms with Gasteiger partial charge in [0.25, 0.3) is 0 Å². The van der Waals surface area contributed by atoms with E-state index in [1.54, 1.807) is 6.92 Å². The van der Waals surface area contributed by atoms with Crippen LogP contribution in [-0.4, -0.2) is 57.2 Å². The van der Waals surface area contributed by atoms with Crippen molar-refractivity contribution in [2.24, 2.45) is 5.92 Å². The molecule has 8 heteroatoms. The van der Waals surface area contributed by atoms with Crippen molar-refractivity contribution in [2.75, 3.05) is 32.6 Å². The molecule has 1 unspecified atom stereocenters. The van der Waals surface area contributed by atoms with Crippen LogP contribution in [0.15, 0.2) is 0 Å². The van der Waals surface area contributed by atoms with Crippen molar-refractivity contribution in [1.29, 1.82) is 0 Å². The monoisotopic (exact) mass is 279 g/mol. The van der Waals surface area contributed by atoms with Crippen LogP contribution < -0.4 is 0 Å². The molecule has 1 heterocycles. The molecule has 7 nitrogen and oxygen atoms in total. The van der Waals surface area contributed by atoms with Crippen LogP contribution in [0.2, 0.25) is 0 Å². The lowest BCUT2D eigenvalue weighted by Crippen LogP contribution is -2.35. The number of methoxy groups -OCH3 is 1. The Hall–Kier alpha value is -1.15. The van der Waals surface area contributed by atoms with Crippen LogP contribution >= 0.6 is 0 Å². The van der Waals surface area contributed by atoms with Gasteiger partial charge < -0.3 is 9.47 Å². The first-order chi connectivity index (χ1) is 8.40. The lowest BCUT2D eigenvalue weighted by atomic mass is 10.1. The molecule has 0 saturated carbocycles. The second-order valence-corrected chi connectivity index (χ2v) is 5.90. The molecule has 1 rings (SSSR count). The zero-order chi connectivity index (χ0) is 13.8. The molecule has 0 aliphatic carbocycles. The number of esters is 2. The van der Waals surface area contributed by atoms with Gasteiger partial charge in [0, 0.05) is 13.1 Å². The lowest BCUT2D eigenvalue weighted by Gasteiger charge is -2.15. The molecular formula is C10H17NO6S. The zero-order valence-electron chi connectivity index (χ0n) is 10.4. The van der Waals surface area contributed by atoms with E-state index in [2.05, 4.69) is 9.47 Å². The Morgan fingerprint density at radius 2 is 2.06 bits per heavy atom. The van der Waals surface area contributed by atoms with Crippen LogP contribution in [0.4, 0.5) is 0 Å². The quantitative estimate of drug-likeness (QED) is 0.623. The minimum Gasteiger partial charge on any atom is -0.469 e. The summed E-state index contributed by atoms with van der Waals surface area (Å²) < 4.78 is 34.0. The molecule has 1 fully saturated rings. The Kier molecular flexibility index (Phi) is 5.09. The highest BCUT2D eigenvalue weighted by Gasteiger charge is 2.36. The summed E-state index contributed by atoms with van der Waals surface area (Å²) in [5.74, 6) is -2.34. The fraction of sp³-hybridized carbons (Fsp3) is 0.800. The molecule has 1 saturated heterocycles. The van der Waals surface area contributed by atoms with Gasteiger partial charge in [0.15, 0.2) is 5.75 Å². The number of hydrogen-bond donors (Lipinski definition) is 0. The molecule has 0 N–H and O–H groups in total. The second kappa shape index (κ2) is 6.14. The lowest BCUT2D eigenvalue weighted by molar-refractivity contribution is -0.144. The number of nitrogens with zero attached hydrogens (tertiary/aromatic N) is 1. The van der Waals surface area contributed by atoms with E-state index >= 15 is 0 Å². The fourth-order valence-corrected chi connectivity index (χ4v) is 3.14. The Morgan fingerprint density at radius 3 is 2.61 bits per heavy atom. The van der Waals surface area contributed by atoms with Crippen LogP contribution in [0, 0.1) is 5.92 Å². The minimum atomic E-state index is -3.71. The van der Waals surface area contributed by atoms with E-state index in [9.17, 15) is 18.0 Å². The maximum absolute atomic E-state index is 11.8. The van der Waals surface area contributed by atoms with Gasteiger partial charge in [-0.25, -0.2) is 12.7 Å². The van der Waals surface area contributed by atoms with E-state index in [0.29, 0.717) is 6.42 Å². The van der Waals surface area contributed by atoms with Crippen LogP contribution in [0.25, 0.3) is 0 Å².